The van der Waals surface area contributed by atoms with Gasteiger partial charge in [0.25, 0.3) is 0 Å². The average Bonchev–Trinajstić information content (AvgIpc) is 3.07. The number of guanidine groups is 1. The van der Waals surface area contributed by atoms with Crippen LogP contribution < -0.4 is 5.32 Å². The van der Waals surface area contributed by atoms with E-state index in [1.165, 1.54) is 25.0 Å². The molecule has 1 heterocycles. The molecule has 1 aliphatic carbocycles. The first-order valence-electron chi connectivity index (χ1n) is 6.70. The number of nitrogens with zero attached hydrogens (tertiary/aromatic N) is 2. The molecule has 1 N–H and O–H groups in total. The highest BCUT2D eigenvalue weighted by atomic mass is 32.2. The summed E-state index contributed by atoms with van der Waals surface area (Å²) in [6.07, 6.45) is 4.19. The summed E-state index contributed by atoms with van der Waals surface area (Å²) in [4.78, 5) is 6.82. The molecule has 0 spiro atoms. The van der Waals surface area contributed by atoms with Gasteiger partial charge in [0, 0.05) is 37.2 Å². The monoisotopic (exact) mass is 255 g/mol. The zero-order valence-corrected chi connectivity index (χ0v) is 12.1. The van der Waals surface area contributed by atoms with Crippen molar-refractivity contribution < 1.29 is 0 Å². The number of thioether (sulfide) groups is 1. The molecule has 0 atom stereocenters. The van der Waals surface area contributed by atoms with Crippen LogP contribution in [-0.4, -0.2) is 48.0 Å². The van der Waals surface area contributed by atoms with Crippen LogP contribution in [0.25, 0.3) is 0 Å². The van der Waals surface area contributed by atoms with Crippen LogP contribution >= 0.6 is 11.8 Å². The standard InChI is InChI=1S/C13H25N3S/c1-13(2)10-16(8-9-17-13)12(14-3)15-7-6-11-4-5-11/h11H,4-10H2,1-3H3,(H,14,15). The van der Waals surface area contributed by atoms with Crippen LogP contribution in [0.2, 0.25) is 0 Å². The molecule has 0 unspecified atom stereocenters. The molecule has 2 fully saturated rings. The summed E-state index contributed by atoms with van der Waals surface area (Å²) in [6.45, 7) is 7.95. The van der Waals surface area contributed by atoms with Gasteiger partial charge in [-0.2, -0.15) is 11.8 Å². The third kappa shape index (κ3) is 4.09. The second kappa shape index (κ2) is 5.51. The van der Waals surface area contributed by atoms with Gasteiger partial charge in [-0.3, -0.25) is 4.99 Å². The maximum Gasteiger partial charge on any atom is 0.193 e. The number of rotatable bonds is 3. The predicted molar refractivity (Wildman–Crippen MR) is 76.8 cm³/mol. The Labute approximate surface area is 109 Å². The van der Waals surface area contributed by atoms with Crippen LogP contribution in [0.5, 0.6) is 0 Å². The van der Waals surface area contributed by atoms with Gasteiger partial charge in [0.05, 0.1) is 0 Å². The average molecular weight is 255 g/mol. The van der Waals surface area contributed by atoms with E-state index in [9.17, 15) is 0 Å². The summed E-state index contributed by atoms with van der Waals surface area (Å²) in [5.74, 6) is 3.30. The predicted octanol–water partition coefficient (Wildman–Crippen LogP) is 2.19. The molecule has 1 saturated heterocycles. The maximum atomic E-state index is 4.42. The zero-order valence-electron chi connectivity index (χ0n) is 11.3. The Hall–Kier alpha value is -0.380. The van der Waals surface area contributed by atoms with E-state index in [0.717, 1.165) is 31.5 Å². The maximum absolute atomic E-state index is 4.42. The van der Waals surface area contributed by atoms with Crippen LogP contribution in [0, 0.1) is 5.92 Å². The van der Waals surface area contributed by atoms with Crippen molar-refractivity contribution in [2.24, 2.45) is 10.9 Å². The lowest BCUT2D eigenvalue weighted by atomic mass is 10.2. The van der Waals surface area contributed by atoms with Gasteiger partial charge in [0.15, 0.2) is 5.96 Å². The van der Waals surface area contributed by atoms with Gasteiger partial charge in [-0.25, -0.2) is 0 Å². The van der Waals surface area contributed by atoms with Gasteiger partial charge in [0.2, 0.25) is 0 Å². The minimum absolute atomic E-state index is 0.354. The fourth-order valence-electron chi connectivity index (χ4n) is 2.32. The summed E-state index contributed by atoms with van der Waals surface area (Å²) in [6, 6.07) is 0. The Morgan fingerprint density at radius 2 is 2.24 bits per heavy atom. The largest absolute Gasteiger partial charge is 0.356 e. The third-order valence-corrected chi connectivity index (χ3v) is 4.77. The molecule has 17 heavy (non-hydrogen) atoms. The van der Waals surface area contributed by atoms with E-state index in [4.69, 9.17) is 0 Å². The molecule has 4 heteroatoms. The molecule has 3 nitrogen and oxygen atoms in total. The molecular weight excluding hydrogens is 230 g/mol. The van der Waals surface area contributed by atoms with E-state index < -0.39 is 0 Å². The number of hydrogen-bond acceptors (Lipinski definition) is 2. The van der Waals surface area contributed by atoms with Gasteiger partial charge >= 0.3 is 0 Å². The van der Waals surface area contributed by atoms with E-state index in [1.807, 2.05) is 7.05 Å². The van der Waals surface area contributed by atoms with Crippen molar-refractivity contribution in [3.63, 3.8) is 0 Å². The quantitative estimate of drug-likeness (QED) is 0.619. The van der Waals surface area contributed by atoms with E-state index in [0.29, 0.717) is 4.75 Å². The highest BCUT2D eigenvalue weighted by Crippen LogP contribution is 2.32. The fourth-order valence-corrected chi connectivity index (χ4v) is 3.44. The van der Waals surface area contributed by atoms with Crippen LogP contribution in [0.3, 0.4) is 0 Å². The third-order valence-electron chi connectivity index (χ3n) is 3.47. The Balaban J connectivity index is 1.79. The first-order valence-corrected chi connectivity index (χ1v) is 7.69. The first-order chi connectivity index (χ1) is 8.11. The Kier molecular flexibility index (Phi) is 4.23. The lowest BCUT2D eigenvalue weighted by Gasteiger charge is -2.39. The van der Waals surface area contributed by atoms with Crippen molar-refractivity contribution in [3.05, 3.63) is 0 Å². The van der Waals surface area contributed by atoms with Crippen LogP contribution in [0.15, 0.2) is 4.99 Å². The smallest absolute Gasteiger partial charge is 0.193 e. The summed E-state index contributed by atoms with van der Waals surface area (Å²) in [5.41, 5.74) is 0. The lowest BCUT2D eigenvalue weighted by Crippen LogP contribution is -2.51. The normalized spacial score (nSPS) is 24.9. The first kappa shape index (κ1) is 13.1. The van der Waals surface area contributed by atoms with E-state index in [2.05, 4.69) is 40.8 Å². The highest BCUT2D eigenvalue weighted by Gasteiger charge is 2.28. The summed E-state index contributed by atoms with van der Waals surface area (Å²) in [7, 11) is 1.90. The number of hydrogen-bond donors (Lipinski definition) is 1. The van der Waals surface area contributed by atoms with Gasteiger partial charge in [-0.15, -0.1) is 0 Å². The van der Waals surface area contributed by atoms with Crippen molar-refractivity contribution in [1.29, 1.82) is 0 Å². The topological polar surface area (TPSA) is 27.6 Å². The molecule has 0 aromatic carbocycles. The van der Waals surface area contributed by atoms with E-state index in [-0.39, 0.29) is 0 Å². The van der Waals surface area contributed by atoms with Crippen LogP contribution in [-0.2, 0) is 0 Å². The van der Waals surface area contributed by atoms with Gasteiger partial charge in [-0.1, -0.05) is 12.8 Å². The molecule has 0 aromatic rings. The minimum Gasteiger partial charge on any atom is -0.356 e. The van der Waals surface area contributed by atoms with Crippen molar-refractivity contribution >= 4 is 17.7 Å². The van der Waals surface area contributed by atoms with Crippen molar-refractivity contribution in [3.8, 4) is 0 Å². The second-order valence-electron chi connectivity index (χ2n) is 5.74. The van der Waals surface area contributed by atoms with Crippen LogP contribution in [0.1, 0.15) is 33.1 Å². The van der Waals surface area contributed by atoms with Gasteiger partial charge < -0.3 is 10.2 Å². The lowest BCUT2D eigenvalue weighted by molar-refractivity contribution is 0.375. The molecule has 0 radical (unpaired) electrons. The van der Waals surface area contributed by atoms with E-state index >= 15 is 0 Å². The Morgan fingerprint density at radius 1 is 1.47 bits per heavy atom. The fraction of sp³-hybridized carbons (Fsp3) is 0.923. The molecule has 1 saturated carbocycles. The van der Waals surface area contributed by atoms with Crippen LogP contribution in [0.4, 0.5) is 0 Å². The molecule has 0 amide bonds. The molecule has 2 aliphatic rings. The highest BCUT2D eigenvalue weighted by molar-refractivity contribution is 8.00. The Morgan fingerprint density at radius 3 is 2.82 bits per heavy atom. The summed E-state index contributed by atoms with van der Waals surface area (Å²) >= 11 is 2.07. The Bertz CT molecular complexity index is 284. The van der Waals surface area contributed by atoms with Crippen molar-refractivity contribution in [1.82, 2.24) is 10.2 Å². The molecule has 98 valence electrons. The van der Waals surface area contributed by atoms with Crippen molar-refractivity contribution in [2.75, 3.05) is 32.4 Å². The molecular formula is C13H25N3S. The van der Waals surface area contributed by atoms with Gasteiger partial charge in [-0.05, 0) is 26.2 Å². The summed E-state index contributed by atoms with van der Waals surface area (Å²) in [5, 5.41) is 3.51. The minimum atomic E-state index is 0.354. The second-order valence-corrected chi connectivity index (χ2v) is 7.54. The number of aliphatic imine (C=N–C) groups is 1. The van der Waals surface area contributed by atoms with Gasteiger partial charge in [0.1, 0.15) is 0 Å². The summed E-state index contributed by atoms with van der Waals surface area (Å²) < 4.78 is 0.354. The van der Waals surface area contributed by atoms with E-state index in [1.54, 1.807) is 0 Å². The van der Waals surface area contributed by atoms with Crippen molar-refractivity contribution in [2.45, 2.75) is 37.9 Å². The molecule has 0 aromatic heterocycles. The molecule has 0 bridgehead atoms. The SMILES string of the molecule is CN=C(NCCC1CC1)N1CCSC(C)(C)C1. The molecule has 2 rings (SSSR count). The number of nitrogens with one attached hydrogen (secondary N) is 1. The molecule has 1 aliphatic heterocycles. The zero-order chi connectivity index (χ0) is 12.3.